The maximum Gasteiger partial charge on any atom is 0.374 e. The zero-order valence-corrected chi connectivity index (χ0v) is 14.7. The van der Waals surface area contributed by atoms with Crippen LogP contribution in [-0.4, -0.2) is 34.8 Å². The molecule has 3 N–H and O–H groups in total. The summed E-state index contributed by atoms with van der Waals surface area (Å²) in [6, 6.07) is 10.7. The van der Waals surface area contributed by atoms with Gasteiger partial charge in [0.05, 0.1) is 11.1 Å². The van der Waals surface area contributed by atoms with Gasteiger partial charge in [0.25, 0.3) is 11.4 Å². The fraction of sp³-hybridized carbons (Fsp3) is 0.350. The minimum Gasteiger partial charge on any atom is -0.552 e. The summed E-state index contributed by atoms with van der Waals surface area (Å²) in [6.45, 7) is 4.12. The Kier molecular flexibility index (Phi) is 3.12. The van der Waals surface area contributed by atoms with Gasteiger partial charge in [-0.15, -0.1) is 0 Å². The zero-order chi connectivity index (χ0) is 18.1. The molecule has 0 saturated heterocycles. The van der Waals surface area contributed by atoms with Crippen LogP contribution in [0.1, 0.15) is 46.8 Å². The Morgan fingerprint density at radius 1 is 1.08 bits per heavy atom. The number of rotatable bonds is 2. The summed E-state index contributed by atoms with van der Waals surface area (Å²) in [6.07, 6.45) is 0. The van der Waals surface area contributed by atoms with E-state index in [0.29, 0.717) is 28.1 Å². The predicted octanol–water partition coefficient (Wildman–Crippen LogP) is 2.36. The SMILES string of the molecule is CC(C)c1ccc2c(c1)[OH+]C1(O)c3cccc(N(C)C)c3C(=O)C21O. The fourth-order valence-electron chi connectivity index (χ4n) is 3.91. The second-order valence-electron chi connectivity index (χ2n) is 7.35. The quantitative estimate of drug-likeness (QED) is 0.823. The molecule has 0 bridgehead atoms. The van der Waals surface area contributed by atoms with E-state index in [9.17, 15) is 15.0 Å². The van der Waals surface area contributed by atoms with Crippen molar-refractivity contribution in [2.75, 3.05) is 19.0 Å². The summed E-state index contributed by atoms with van der Waals surface area (Å²) >= 11 is 0. The van der Waals surface area contributed by atoms with Gasteiger partial charge in [-0.1, -0.05) is 26.0 Å². The van der Waals surface area contributed by atoms with E-state index in [0.717, 1.165) is 5.56 Å². The maximum absolute atomic E-state index is 13.2. The Labute approximate surface area is 146 Å². The predicted molar refractivity (Wildman–Crippen MR) is 95.1 cm³/mol. The molecule has 1 heterocycles. The molecule has 2 aliphatic rings. The average Bonchev–Trinajstić information content (AvgIpc) is 2.90. The van der Waals surface area contributed by atoms with Crippen LogP contribution in [0.3, 0.4) is 0 Å². The van der Waals surface area contributed by atoms with Crippen molar-refractivity contribution in [3.8, 4) is 5.75 Å². The molecule has 5 heteroatoms. The van der Waals surface area contributed by atoms with Crippen molar-refractivity contribution in [3.05, 3.63) is 58.7 Å². The van der Waals surface area contributed by atoms with Crippen LogP contribution in [0.25, 0.3) is 0 Å². The molecule has 2 atom stereocenters. The minimum absolute atomic E-state index is 0.286. The standard InChI is InChI=1S/C20H21NO4/c1-11(2)12-8-9-13-16(10-12)25-20(24)14-6-5-7-15(21(3)4)17(14)18(22)19(13,20)23/h5-11,23-24H,1-4H3/p+1. The number of ether oxygens (including phenoxy) is 1. The Hall–Kier alpha value is -2.37. The first-order chi connectivity index (χ1) is 11.7. The van der Waals surface area contributed by atoms with E-state index >= 15 is 0 Å². The smallest absolute Gasteiger partial charge is 0.374 e. The van der Waals surface area contributed by atoms with Gasteiger partial charge in [-0.05, 0) is 29.7 Å². The van der Waals surface area contributed by atoms with Gasteiger partial charge in [0.1, 0.15) is 5.56 Å². The van der Waals surface area contributed by atoms with Gasteiger partial charge < -0.3 is 19.8 Å². The van der Waals surface area contributed by atoms with Gasteiger partial charge in [-0.3, -0.25) is 4.79 Å². The van der Waals surface area contributed by atoms with Gasteiger partial charge in [0.2, 0.25) is 5.78 Å². The van der Waals surface area contributed by atoms with Crippen LogP contribution in [0.15, 0.2) is 36.4 Å². The summed E-state index contributed by atoms with van der Waals surface area (Å²) in [5.41, 5.74) is 0.684. The summed E-state index contributed by atoms with van der Waals surface area (Å²) in [7, 11) is 3.65. The monoisotopic (exact) mass is 340 g/mol. The number of carbonyl (C=O) groups excluding carboxylic acids is 1. The van der Waals surface area contributed by atoms with Crippen molar-refractivity contribution in [3.63, 3.8) is 0 Å². The van der Waals surface area contributed by atoms with Crippen LogP contribution in [0, 0.1) is 0 Å². The summed E-state index contributed by atoms with van der Waals surface area (Å²) in [5, 5.41) is 22.7. The molecule has 0 radical (unpaired) electrons. The minimum atomic E-state index is -2.08. The number of nitrogens with zero attached hydrogens (tertiary/aromatic N) is 1. The number of benzene rings is 2. The van der Waals surface area contributed by atoms with E-state index in [-0.39, 0.29) is 5.92 Å². The van der Waals surface area contributed by atoms with Crippen LogP contribution in [0.2, 0.25) is 0 Å². The third kappa shape index (κ3) is 1.77. The van der Waals surface area contributed by atoms with Gasteiger partial charge in [0.15, 0.2) is 0 Å². The molecule has 2 aromatic rings. The number of hydrogen-bond acceptors (Lipinski definition) is 4. The van der Waals surface area contributed by atoms with Crippen LogP contribution in [0.4, 0.5) is 5.69 Å². The highest BCUT2D eigenvalue weighted by molar-refractivity contribution is 6.13. The van der Waals surface area contributed by atoms with Crippen molar-refractivity contribution in [2.45, 2.75) is 31.2 Å². The lowest BCUT2D eigenvalue weighted by Gasteiger charge is -2.24. The molecule has 2 unspecified atom stereocenters. The molecule has 0 saturated carbocycles. The molecular weight excluding hydrogens is 318 g/mol. The first-order valence-electron chi connectivity index (χ1n) is 8.39. The first kappa shape index (κ1) is 16.1. The van der Waals surface area contributed by atoms with Gasteiger partial charge in [-0.2, -0.15) is 0 Å². The molecule has 0 aromatic heterocycles. The molecular formula is C20H22NO4+. The number of aliphatic hydroxyl groups is 3. The van der Waals surface area contributed by atoms with Crippen molar-refractivity contribution < 1.29 is 19.7 Å². The van der Waals surface area contributed by atoms with Crippen LogP contribution in [0.5, 0.6) is 5.75 Å². The third-order valence-corrected chi connectivity index (χ3v) is 5.32. The number of carbonyl (C=O) groups is 1. The Bertz CT molecular complexity index is 905. The van der Waals surface area contributed by atoms with Crippen molar-refractivity contribution in [2.24, 2.45) is 0 Å². The lowest BCUT2D eigenvalue weighted by molar-refractivity contribution is -0.311. The zero-order valence-electron chi connectivity index (χ0n) is 14.7. The van der Waals surface area contributed by atoms with Crippen LogP contribution in [-0.2, 0) is 11.4 Å². The first-order valence-corrected chi connectivity index (χ1v) is 8.39. The fourth-order valence-corrected chi connectivity index (χ4v) is 3.91. The molecule has 1 aliphatic carbocycles. The highest BCUT2D eigenvalue weighted by Crippen LogP contribution is 2.60. The molecule has 130 valence electrons. The lowest BCUT2D eigenvalue weighted by atomic mass is 9.86. The Morgan fingerprint density at radius 2 is 1.80 bits per heavy atom. The second kappa shape index (κ2) is 4.84. The lowest BCUT2D eigenvalue weighted by Crippen LogP contribution is -2.47. The van der Waals surface area contributed by atoms with Gasteiger partial charge in [0, 0.05) is 25.8 Å². The molecule has 0 spiro atoms. The van der Waals surface area contributed by atoms with E-state index in [1.165, 1.54) is 0 Å². The van der Waals surface area contributed by atoms with Crippen molar-refractivity contribution in [1.82, 2.24) is 0 Å². The van der Waals surface area contributed by atoms with E-state index in [4.69, 9.17) is 0 Å². The third-order valence-electron chi connectivity index (χ3n) is 5.32. The molecule has 25 heavy (non-hydrogen) atoms. The Morgan fingerprint density at radius 3 is 2.44 bits per heavy atom. The summed E-state index contributed by atoms with van der Waals surface area (Å²) < 4.78 is 4.42. The van der Waals surface area contributed by atoms with Gasteiger partial charge >= 0.3 is 5.79 Å². The summed E-state index contributed by atoms with van der Waals surface area (Å²) in [5.74, 6) is -1.73. The number of anilines is 1. The largest absolute Gasteiger partial charge is 0.552 e. The number of hydrogen-bond donors (Lipinski definition) is 2. The molecule has 0 amide bonds. The van der Waals surface area contributed by atoms with Gasteiger partial charge in [-0.25, -0.2) is 0 Å². The van der Waals surface area contributed by atoms with Crippen LogP contribution >= 0.6 is 0 Å². The molecule has 4 rings (SSSR count). The number of Topliss-reactive ketones (excluding diaryl/α,β-unsaturated/α-hetero) is 1. The van der Waals surface area contributed by atoms with E-state index < -0.39 is 17.2 Å². The number of ketones is 1. The van der Waals surface area contributed by atoms with Crippen molar-refractivity contribution >= 4 is 11.5 Å². The second-order valence-corrected chi connectivity index (χ2v) is 7.35. The number of fused-ring (bicyclic) bond motifs is 5. The highest BCUT2D eigenvalue weighted by atomic mass is 16.7. The molecule has 1 aliphatic heterocycles. The molecule has 2 aromatic carbocycles. The molecule has 0 fully saturated rings. The van der Waals surface area contributed by atoms with E-state index in [1.54, 1.807) is 29.2 Å². The summed E-state index contributed by atoms with van der Waals surface area (Å²) in [4.78, 5) is 15.0. The Balaban J connectivity index is 1.96. The van der Waals surface area contributed by atoms with E-state index in [1.807, 2.05) is 26.2 Å². The highest BCUT2D eigenvalue weighted by Gasteiger charge is 2.75. The maximum atomic E-state index is 13.2. The topological polar surface area (TPSA) is 73.6 Å². The van der Waals surface area contributed by atoms with E-state index in [2.05, 4.69) is 18.6 Å². The van der Waals surface area contributed by atoms with Crippen LogP contribution < -0.4 is 4.90 Å². The molecule has 5 nitrogen and oxygen atoms in total. The van der Waals surface area contributed by atoms with Crippen molar-refractivity contribution in [1.29, 1.82) is 0 Å². The average molecular weight is 340 g/mol. The number of aromatic hydroxyl groups is 1. The normalized spacial score (nSPS) is 26.3.